The van der Waals surface area contributed by atoms with E-state index in [1.165, 1.54) is 11.3 Å². The van der Waals surface area contributed by atoms with Gasteiger partial charge in [0.25, 0.3) is 0 Å². The van der Waals surface area contributed by atoms with Crippen molar-refractivity contribution in [3.05, 3.63) is 29.5 Å². The zero-order valence-corrected chi connectivity index (χ0v) is 12.2. The molecule has 1 atom stereocenters. The third kappa shape index (κ3) is 4.18. The number of furan rings is 1. The van der Waals surface area contributed by atoms with Crippen molar-refractivity contribution in [1.29, 1.82) is 0 Å². The van der Waals surface area contributed by atoms with E-state index in [4.69, 9.17) is 9.52 Å². The fourth-order valence-electron chi connectivity index (χ4n) is 1.74. The maximum atomic E-state index is 11.8. The molecule has 20 heavy (non-hydrogen) atoms. The first-order chi connectivity index (χ1) is 9.69. The molecule has 0 saturated heterocycles. The monoisotopic (exact) mass is 294 g/mol. The van der Waals surface area contributed by atoms with Gasteiger partial charge in [-0.2, -0.15) is 0 Å². The highest BCUT2D eigenvalue weighted by molar-refractivity contribution is 7.13. The number of nitrogens with one attached hydrogen (secondary N) is 1. The first-order valence-electron chi connectivity index (χ1n) is 6.55. The number of hydrogen-bond donors (Lipinski definition) is 2. The SMILES string of the molecule is CC(CCO)CNC(=O)Cc1csc(-c2ccco2)n1. The van der Waals surface area contributed by atoms with Crippen LogP contribution in [0.3, 0.4) is 0 Å². The number of carbonyl (C=O) groups excluding carboxylic acids is 1. The van der Waals surface area contributed by atoms with Crippen molar-refractivity contribution in [1.82, 2.24) is 10.3 Å². The van der Waals surface area contributed by atoms with Gasteiger partial charge in [0.05, 0.1) is 18.4 Å². The van der Waals surface area contributed by atoms with Gasteiger partial charge in [0.1, 0.15) is 0 Å². The lowest BCUT2D eigenvalue weighted by atomic mass is 10.1. The van der Waals surface area contributed by atoms with E-state index in [2.05, 4.69) is 10.3 Å². The van der Waals surface area contributed by atoms with E-state index >= 15 is 0 Å². The van der Waals surface area contributed by atoms with Crippen LogP contribution in [0, 0.1) is 5.92 Å². The lowest BCUT2D eigenvalue weighted by Gasteiger charge is -2.10. The first-order valence-corrected chi connectivity index (χ1v) is 7.43. The van der Waals surface area contributed by atoms with Crippen LogP contribution in [0.4, 0.5) is 0 Å². The van der Waals surface area contributed by atoms with Gasteiger partial charge in [-0.25, -0.2) is 4.98 Å². The Morgan fingerprint density at radius 3 is 3.15 bits per heavy atom. The van der Waals surface area contributed by atoms with E-state index in [-0.39, 0.29) is 24.9 Å². The number of nitrogens with zero attached hydrogens (tertiary/aromatic N) is 1. The molecule has 0 bridgehead atoms. The van der Waals surface area contributed by atoms with Crippen LogP contribution in [0.15, 0.2) is 28.2 Å². The summed E-state index contributed by atoms with van der Waals surface area (Å²) in [5, 5.41) is 14.3. The molecule has 1 unspecified atom stereocenters. The van der Waals surface area contributed by atoms with E-state index in [0.29, 0.717) is 13.0 Å². The fourth-order valence-corrected chi connectivity index (χ4v) is 2.53. The number of carbonyl (C=O) groups is 1. The average molecular weight is 294 g/mol. The Kier molecular flexibility index (Phi) is 5.31. The van der Waals surface area contributed by atoms with Gasteiger partial charge in [0.15, 0.2) is 10.8 Å². The van der Waals surface area contributed by atoms with Crippen molar-refractivity contribution < 1.29 is 14.3 Å². The second kappa shape index (κ2) is 7.21. The summed E-state index contributed by atoms with van der Waals surface area (Å²) in [5.74, 6) is 0.947. The minimum absolute atomic E-state index is 0.0499. The quantitative estimate of drug-likeness (QED) is 0.820. The Labute approximate surface area is 121 Å². The number of aromatic nitrogens is 1. The second-order valence-electron chi connectivity index (χ2n) is 4.72. The fraction of sp³-hybridized carbons (Fsp3) is 0.429. The highest BCUT2D eigenvalue weighted by Crippen LogP contribution is 2.23. The summed E-state index contributed by atoms with van der Waals surface area (Å²) < 4.78 is 5.27. The van der Waals surface area contributed by atoms with Crippen LogP contribution in [0.5, 0.6) is 0 Å². The van der Waals surface area contributed by atoms with Crippen LogP contribution in [0.25, 0.3) is 10.8 Å². The number of rotatable bonds is 7. The molecule has 0 aliphatic carbocycles. The van der Waals surface area contributed by atoms with Crippen LogP contribution in [-0.2, 0) is 11.2 Å². The highest BCUT2D eigenvalue weighted by atomic mass is 32.1. The van der Waals surface area contributed by atoms with Gasteiger partial charge >= 0.3 is 0 Å². The molecule has 0 spiro atoms. The third-order valence-electron chi connectivity index (χ3n) is 2.89. The predicted molar refractivity (Wildman–Crippen MR) is 77.4 cm³/mol. The van der Waals surface area contributed by atoms with E-state index in [9.17, 15) is 4.79 Å². The van der Waals surface area contributed by atoms with E-state index in [0.717, 1.165) is 16.5 Å². The largest absolute Gasteiger partial charge is 0.462 e. The van der Waals surface area contributed by atoms with Gasteiger partial charge < -0.3 is 14.8 Å². The van der Waals surface area contributed by atoms with E-state index in [1.54, 1.807) is 6.26 Å². The molecule has 2 N–H and O–H groups in total. The van der Waals surface area contributed by atoms with Gasteiger partial charge in [-0.3, -0.25) is 4.79 Å². The summed E-state index contributed by atoms with van der Waals surface area (Å²) in [6, 6.07) is 3.66. The number of aliphatic hydroxyl groups is 1. The van der Waals surface area contributed by atoms with Crippen molar-refractivity contribution in [3.63, 3.8) is 0 Å². The summed E-state index contributed by atoms with van der Waals surface area (Å²) in [5.41, 5.74) is 0.744. The zero-order chi connectivity index (χ0) is 14.4. The van der Waals surface area contributed by atoms with Crippen molar-refractivity contribution in [2.75, 3.05) is 13.2 Å². The third-order valence-corrected chi connectivity index (χ3v) is 3.80. The molecule has 108 valence electrons. The molecule has 2 aromatic rings. The molecule has 2 heterocycles. The molecule has 5 nitrogen and oxygen atoms in total. The lowest BCUT2D eigenvalue weighted by molar-refractivity contribution is -0.120. The molecule has 6 heteroatoms. The summed E-state index contributed by atoms with van der Waals surface area (Å²) in [4.78, 5) is 16.2. The second-order valence-corrected chi connectivity index (χ2v) is 5.58. The zero-order valence-electron chi connectivity index (χ0n) is 11.3. The van der Waals surface area contributed by atoms with Crippen molar-refractivity contribution in [2.45, 2.75) is 19.8 Å². The summed E-state index contributed by atoms with van der Waals surface area (Å²) in [7, 11) is 0. The van der Waals surface area contributed by atoms with Crippen molar-refractivity contribution in [3.8, 4) is 10.8 Å². The summed E-state index contributed by atoms with van der Waals surface area (Å²) >= 11 is 1.46. The number of hydrogen-bond acceptors (Lipinski definition) is 5. The molecule has 0 aliphatic heterocycles. The first kappa shape index (κ1) is 14.7. The molecule has 2 rings (SSSR count). The van der Waals surface area contributed by atoms with Crippen molar-refractivity contribution >= 4 is 17.2 Å². The molecule has 0 aliphatic rings. The molecular weight excluding hydrogens is 276 g/mol. The molecule has 1 amide bonds. The van der Waals surface area contributed by atoms with Crippen LogP contribution in [0.1, 0.15) is 19.0 Å². The van der Waals surface area contributed by atoms with Gasteiger partial charge in [-0.1, -0.05) is 6.92 Å². The smallest absolute Gasteiger partial charge is 0.226 e. The minimum Gasteiger partial charge on any atom is -0.462 e. The normalized spacial score (nSPS) is 12.3. The van der Waals surface area contributed by atoms with Gasteiger partial charge in [-0.15, -0.1) is 11.3 Å². The van der Waals surface area contributed by atoms with Crippen LogP contribution < -0.4 is 5.32 Å². The van der Waals surface area contributed by atoms with E-state index in [1.807, 2.05) is 24.4 Å². The molecule has 0 radical (unpaired) electrons. The van der Waals surface area contributed by atoms with E-state index < -0.39 is 0 Å². The van der Waals surface area contributed by atoms with Crippen LogP contribution in [0.2, 0.25) is 0 Å². The summed E-state index contributed by atoms with van der Waals surface area (Å²) in [6.07, 6.45) is 2.56. The van der Waals surface area contributed by atoms with Gasteiger partial charge in [-0.05, 0) is 24.5 Å². The minimum atomic E-state index is -0.0499. The highest BCUT2D eigenvalue weighted by Gasteiger charge is 2.11. The topological polar surface area (TPSA) is 75.4 Å². The maximum Gasteiger partial charge on any atom is 0.226 e. The maximum absolute atomic E-state index is 11.8. The Bertz CT molecular complexity index is 536. The molecule has 0 saturated carbocycles. The van der Waals surface area contributed by atoms with Gasteiger partial charge in [0, 0.05) is 18.5 Å². The Hall–Kier alpha value is -1.66. The predicted octanol–water partition coefficient (Wildman–Crippen LogP) is 2.08. The molecule has 2 aromatic heterocycles. The number of amides is 1. The van der Waals surface area contributed by atoms with Gasteiger partial charge in [0.2, 0.25) is 5.91 Å². The Morgan fingerprint density at radius 1 is 1.60 bits per heavy atom. The standard InChI is InChI=1S/C14H18N2O3S/c1-10(4-5-17)8-15-13(18)7-11-9-20-14(16-11)12-3-2-6-19-12/h2-3,6,9-10,17H,4-5,7-8H2,1H3,(H,15,18). The summed E-state index contributed by atoms with van der Waals surface area (Å²) in [6.45, 7) is 2.72. The van der Waals surface area contributed by atoms with Crippen molar-refractivity contribution in [2.24, 2.45) is 5.92 Å². The molecular formula is C14H18N2O3S. The molecule has 0 aromatic carbocycles. The Balaban J connectivity index is 1.83. The molecule has 0 fully saturated rings. The number of thiazole rings is 1. The Morgan fingerprint density at radius 2 is 2.45 bits per heavy atom. The number of aliphatic hydroxyl groups excluding tert-OH is 1. The van der Waals surface area contributed by atoms with Crippen LogP contribution >= 0.6 is 11.3 Å². The average Bonchev–Trinajstić information content (AvgIpc) is 3.07. The lowest BCUT2D eigenvalue weighted by Crippen LogP contribution is -2.30. The van der Waals surface area contributed by atoms with Crippen LogP contribution in [-0.4, -0.2) is 29.1 Å².